The van der Waals surface area contributed by atoms with Crippen molar-refractivity contribution in [3.8, 4) is 0 Å². The molecular formula is C11H25N3O. The van der Waals surface area contributed by atoms with E-state index in [0.29, 0.717) is 0 Å². The molecule has 0 aromatic heterocycles. The summed E-state index contributed by atoms with van der Waals surface area (Å²) in [4.78, 5) is 11.7. The Morgan fingerprint density at radius 3 is 2.20 bits per heavy atom. The Morgan fingerprint density at radius 2 is 1.73 bits per heavy atom. The van der Waals surface area contributed by atoms with Crippen LogP contribution in [0.4, 0.5) is 4.79 Å². The van der Waals surface area contributed by atoms with Crippen LogP contribution in [-0.4, -0.2) is 43.2 Å². The SMILES string of the molecule is CCCCNC(=O)N(CCCC)N(C)C. The van der Waals surface area contributed by atoms with Crippen molar-refractivity contribution in [3.63, 3.8) is 0 Å². The van der Waals surface area contributed by atoms with Gasteiger partial charge in [-0.25, -0.2) is 9.80 Å². The highest BCUT2D eigenvalue weighted by Crippen LogP contribution is 1.98. The number of hydrazine groups is 1. The monoisotopic (exact) mass is 215 g/mol. The molecule has 0 aliphatic carbocycles. The molecule has 0 spiro atoms. The molecule has 4 nitrogen and oxygen atoms in total. The van der Waals surface area contributed by atoms with E-state index in [9.17, 15) is 4.79 Å². The number of carbonyl (C=O) groups excluding carboxylic acids is 1. The largest absolute Gasteiger partial charge is 0.337 e. The minimum atomic E-state index is 0.0156. The first-order valence-corrected chi connectivity index (χ1v) is 5.86. The van der Waals surface area contributed by atoms with Crippen molar-refractivity contribution < 1.29 is 4.79 Å². The van der Waals surface area contributed by atoms with Crippen molar-refractivity contribution in [1.29, 1.82) is 0 Å². The molecule has 15 heavy (non-hydrogen) atoms. The zero-order chi connectivity index (χ0) is 11.7. The quantitative estimate of drug-likeness (QED) is 0.521. The second-order valence-corrected chi connectivity index (χ2v) is 3.91. The molecule has 0 aromatic carbocycles. The lowest BCUT2D eigenvalue weighted by Crippen LogP contribution is -2.48. The van der Waals surface area contributed by atoms with E-state index in [4.69, 9.17) is 0 Å². The summed E-state index contributed by atoms with van der Waals surface area (Å²) in [5.74, 6) is 0. The van der Waals surface area contributed by atoms with Crippen molar-refractivity contribution in [2.24, 2.45) is 0 Å². The molecule has 2 amide bonds. The summed E-state index contributed by atoms with van der Waals surface area (Å²) in [7, 11) is 3.80. The molecular weight excluding hydrogens is 190 g/mol. The van der Waals surface area contributed by atoms with Gasteiger partial charge in [0.15, 0.2) is 0 Å². The molecule has 0 fully saturated rings. The standard InChI is InChI=1S/C11H25N3O/c1-5-7-9-12-11(15)14(13(3)4)10-8-6-2/h5-10H2,1-4H3,(H,12,15). The van der Waals surface area contributed by atoms with E-state index in [0.717, 1.165) is 38.8 Å². The van der Waals surface area contributed by atoms with E-state index in [2.05, 4.69) is 19.2 Å². The Kier molecular flexibility index (Phi) is 8.09. The van der Waals surface area contributed by atoms with Gasteiger partial charge >= 0.3 is 6.03 Å². The number of nitrogens with one attached hydrogen (secondary N) is 1. The summed E-state index contributed by atoms with van der Waals surface area (Å²) >= 11 is 0. The van der Waals surface area contributed by atoms with E-state index in [1.807, 2.05) is 19.1 Å². The lowest BCUT2D eigenvalue weighted by atomic mass is 10.3. The molecule has 0 unspecified atom stereocenters. The van der Waals surface area contributed by atoms with Gasteiger partial charge in [0.05, 0.1) is 0 Å². The number of rotatable bonds is 7. The van der Waals surface area contributed by atoms with Crippen LogP contribution in [0.1, 0.15) is 39.5 Å². The van der Waals surface area contributed by atoms with Gasteiger partial charge in [-0.2, -0.15) is 0 Å². The number of hydrogen-bond donors (Lipinski definition) is 1. The van der Waals surface area contributed by atoms with Crippen LogP contribution in [0.2, 0.25) is 0 Å². The first kappa shape index (κ1) is 14.2. The molecule has 0 aliphatic rings. The van der Waals surface area contributed by atoms with Gasteiger partial charge in [-0.05, 0) is 12.8 Å². The Bertz CT molecular complexity index is 171. The fourth-order valence-electron chi connectivity index (χ4n) is 1.25. The van der Waals surface area contributed by atoms with E-state index in [-0.39, 0.29) is 6.03 Å². The minimum Gasteiger partial charge on any atom is -0.337 e. The van der Waals surface area contributed by atoms with Gasteiger partial charge < -0.3 is 5.32 Å². The van der Waals surface area contributed by atoms with E-state index < -0.39 is 0 Å². The fourth-order valence-corrected chi connectivity index (χ4v) is 1.25. The highest BCUT2D eigenvalue weighted by molar-refractivity contribution is 5.73. The number of carbonyl (C=O) groups is 1. The average molecular weight is 215 g/mol. The number of urea groups is 1. The van der Waals surface area contributed by atoms with Gasteiger partial charge in [-0.1, -0.05) is 26.7 Å². The average Bonchev–Trinajstić information content (AvgIpc) is 2.18. The minimum absolute atomic E-state index is 0.0156. The van der Waals surface area contributed by atoms with Crippen LogP contribution in [0.5, 0.6) is 0 Å². The number of amides is 2. The molecule has 0 aromatic rings. The number of nitrogens with zero attached hydrogens (tertiary/aromatic N) is 2. The molecule has 0 aliphatic heterocycles. The molecule has 0 heterocycles. The zero-order valence-corrected chi connectivity index (χ0v) is 10.5. The van der Waals surface area contributed by atoms with Crippen molar-refractivity contribution in [1.82, 2.24) is 15.3 Å². The summed E-state index contributed by atoms with van der Waals surface area (Å²) in [6.45, 7) is 5.81. The van der Waals surface area contributed by atoms with Crippen LogP contribution in [0.15, 0.2) is 0 Å². The van der Waals surface area contributed by atoms with Gasteiger partial charge in [0.2, 0.25) is 0 Å². The topological polar surface area (TPSA) is 35.6 Å². The van der Waals surface area contributed by atoms with Crippen molar-refractivity contribution in [3.05, 3.63) is 0 Å². The zero-order valence-electron chi connectivity index (χ0n) is 10.5. The maximum atomic E-state index is 11.7. The number of unbranched alkanes of at least 4 members (excludes halogenated alkanes) is 2. The van der Waals surface area contributed by atoms with E-state index in [1.54, 1.807) is 5.01 Å². The second-order valence-electron chi connectivity index (χ2n) is 3.91. The highest BCUT2D eigenvalue weighted by Gasteiger charge is 2.13. The van der Waals surface area contributed by atoms with Crippen molar-refractivity contribution >= 4 is 6.03 Å². The number of hydrogen-bond acceptors (Lipinski definition) is 2. The molecule has 0 radical (unpaired) electrons. The summed E-state index contributed by atoms with van der Waals surface area (Å²) in [5.41, 5.74) is 0. The Labute approximate surface area is 93.6 Å². The second kappa shape index (κ2) is 8.53. The summed E-state index contributed by atoms with van der Waals surface area (Å²) in [6, 6.07) is 0.0156. The van der Waals surface area contributed by atoms with Crippen LogP contribution in [0.3, 0.4) is 0 Å². The summed E-state index contributed by atoms with van der Waals surface area (Å²) in [5, 5.41) is 6.51. The third-order valence-electron chi connectivity index (χ3n) is 2.25. The first-order chi connectivity index (χ1) is 7.13. The van der Waals surface area contributed by atoms with Crippen LogP contribution in [0, 0.1) is 0 Å². The van der Waals surface area contributed by atoms with Crippen molar-refractivity contribution in [2.75, 3.05) is 27.2 Å². The normalized spacial score (nSPS) is 10.5. The van der Waals surface area contributed by atoms with E-state index >= 15 is 0 Å². The maximum absolute atomic E-state index is 11.7. The third-order valence-corrected chi connectivity index (χ3v) is 2.25. The Morgan fingerprint density at radius 1 is 1.13 bits per heavy atom. The molecule has 0 atom stereocenters. The molecule has 4 heteroatoms. The van der Waals surface area contributed by atoms with Gasteiger partial charge in [-0.15, -0.1) is 0 Å². The van der Waals surface area contributed by atoms with Gasteiger partial charge in [0.25, 0.3) is 0 Å². The molecule has 0 saturated carbocycles. The van der Waals surface area contributed by atoms with Crippen LogP contribution in [-0.2, 0) is 0 Å². The maximum Gasteiger partial charge on any atom is 0.331 e. The lowest BCUT2D eigenvalue weighted by molar-refractivity contribution is 0.0615. The predicted octanol–water partition coefficient (Wildman–Crippen LogP) is 2.07. The first-order valence-electron chi connectivity index (χ1n) is 5.86. The Hall–Kier alpha value is -0.770. The van der Waals surface area contributed by atoms with Crippen molar-refractivity contribution in [2.45, 2.75) is 39.5 Å². The predicted molar refractivity (Wildman–Crippen MR) is 63.6 cm³/mol. The summed E-state index contributed by atoms with van der Waals surface area (Å²) in [6.07, 6.45) is 4.30. The molecule has 90 valence electrons. The van der Waals surface area contributed by atoms with E-state index in [1.165, 1.54) is 0 Å². The van der Waals surface area contributed by atoms with Gasteiger partial charge in [0.1, 0.15) is 0 Å². The smallest absolute Gasteiger partial charge is 0.331 e. The van der Waals surface area contributed by atoms with Crippen LogP contribution < -0.4 is 5.32 Å². The molecule has 0 bridgehead atoms. The molecule has 1 N–H and O–H groups in total. The van der Waals surface area contributed by atoms with Crippen LogP contribution >= 0.6 is 0 Å². The summed E-state index contributed by atoms with van der Waals surface area (Å²) < 4.78 is 0. The lowest BCUT2D eigenvalue weighted by Gasteiger charge is -2.28. The molecule has 0 rings (SSSR count). The van der Waals surface area contributed by atoms with Gasteiger partial charge in [0, 0.05) is 27.2 Å². The van der Waals surface area contributed by atoms with Gasteiger partial charge in [-0.3, -0.25) is 5.01 Å². The van der Waals surface area contributed by atoms with Crippen LogP contribution in [0.25, 0.3) is 0 Å². The Balaban J connectivity index is 3.93. The fraction of sp³-hybridized carbons (Fsp3) is 0.909. The highest BCUT2D eigenvalue weighted by atomic mass is 16.2. The third kappa shape index (κ3) is 6.33. The molecule has 0 saturated heterocycles.